The Kier molecular flexibility index (Phi) is 5.11. The second kappa shape index (κ2) is 7.47. The lowest BCUT2D eigenvalue weighted by Gasteiger charge is -2.18. The molecule has 0 radical (unpaired) electrons. The Morgan fingerprint density at radius 1 is 1.27 bits per heavy atom. The van der Waals surface area contributed by atoms with Crippen LogP contribution in [-0.4, -0.2) is 36.4 Å². The van der Waals surface area contributed by atoms with E-state index in [1.54, 1.807) is 24.3 Å². The molecule has 26 heavy (non-hydrogen) atoms. The molecule has 1 aliphatic rings. The third kappa shape index (κ3) is 3.96. The highest BCUT2D eigenvalue weighted by molar-refractivity contribution is 5.92. The number of carbonyl (C=O) groups excluding carboxylic acids is 1. The van der Waals surface area contributed by atoms with Crippen LogP contribution in [0, 0.1) is 0 Å². The lowest BCUT2D eigenvalue weighted by Crippen LogP contribution is -2.30. The summed E-state index contributed by atoms with van der Waals surface area (Å²) in [6.45, 7) is 0. The maximum Gasteiger partial charge on any atom is 0.305 e. The number of carboxylic acids is 1. The molecule has 1 saturated carbocycles. The molecule has 0 saturated heterocycles. The van der Waals surface area contributed by atoms with E-state index in [1.807, 2.05) is 0 Å². The highest BCUT2D eigenvalue weighted by Gasteiger charge is 2.29. The Morgan fingerprint density at radius 3 is 2.62 bits per heavy atom. The van der Waals surface area contributed by atoms with Crippen LogP contribution < -0.4 is 14.8 Å². The molecule has 2 N–H and O–H groups in total. The molecule has 0 spiro atoms. The number of amides is 1. The Balaban J connectivity index is 1.80. The van der Waals surface area contributed by atoms with Crippen LogP contribution in [0.2, 0.25) is 0 Å². The van der Waals surface area contributed by atoms with Crippen LogP contribution in [0.1, 0.15) is 53.0 Å². The maximum atomic E-state index is 12.5. The molecular weight excluding hydrogens is 340 g/mol. The molecule has 0 bridgehead atoms. The van der Waals surface area contributed by atoms with Gasteiger partial charge in [0.2, 0.25) is 0 Å². The highest BCUT2D eigenvalue weighted by atomic mass is 16.5. The summed E-state index contributed by atoms with van der Waals surface area (Å²) in [5, 5.41) is 15.7. The number of benzene rings is 1. The van der Waals surface area contributed by atoms with Gasteiger partial charge in [-0.2, -0.15) is 0 Å². The van der Waals surface area contributed by atoms with Crippen LogP contribution >= 0.6 is 0 Å². The lowest BCUT2D eigenvalue weighted by atomic mass is 10.0. The molecule has 1 heterocycles. The summed E-state index contributed by atoms with van der Waals surface area (Å²) < 4.78 is 15.6. The van der Waals surface area contributed by atoms with Gasteiger partial charge in [-0.1, -0.05) is 11.2 Å². The molecule has 8 nitrogen and oxygen atoms in total. The number of aliphatic carboxylic acids is 1. The first kappa shape index (κ1) is 17.8. The summed E-state index contributed by atoms with van der Waals surface area (Å²) in [5.74, 6) is 0.473. The van der Waals surface area contributed by atoms with E-state index in [9.17, 15) is 14.7 Å². The lowest BCUT2D eigenvalue weighted by molar-refractivity contribution is -0.137. The number of aromatic nitrogens is 1. The van der Waals surface area contributed by atoms with Crippen molar-refractivity contribution in [2.45, 2.75) is 31.2 Å². The van der Waals surface area contributed by atoms with Crippen molar-refractivity contribution in [1.82, 2.24) is 10.5 Å². The molecule has 138 valence electrons. The van der Waals surface area contributed by atoms with E-state index in [1.165, 1.54) is 14.2 Å². The fourth-order valence-electron chi connectivity index (χ4n) is 2.69. The quantitative estimate of drug-likeness (QED) is 0.744. The molecule has 3 rings (SSSR count). The van der Waals surface area contributed by atoms with E-state index in [0.717, 1.165) is 12.8 Å². The van der Waals surface area contributed by atoms with Crippen molar-refractivity contribution in [3.63, 3.8) is 0 Å². The van der Waals surface area contributed by atoms with Gasteiger partial charge in [-0.05, 0) is 30.5 Å². The number of nitrogens with zero attached hydrogens (tertiary/aromatic N) is 1. The van der Waals surface area contributed by atoms with Gasteiger partial charge in [0.25, 0.3) is 5.91 Å². The topological polar surface area (TPSA) is 111 Å². The minimum absolute atomic E-state index is 0.141. The first-order valence-corrected chi connectivity index (χ1v) is 8.23. The molecule has 2 aromatic rings. The second-order valence-corrected chi connectivity index (χ2v) is 6.13. The van der Waals surface area contributed by atoms with E-state index >= 15 is 0 Å². The maximum absolute atomic E-state index is 12.5. The molecule has 1 amide bonds. The number of methoxy groups -OCH3 is 2. The van der Waals surface area contributed by atoms with E-state index in [2.05, 4.69) is 10.5 Å². The molecular formula is C18H20N2O6. The SMILES string of the molecule is COc1ccc(C(CC(=O)O)NC(=O)c2cc(C3CC3)on2)cc1OC. The third-order valence-corrected chi connectivity index (χ3v) is 4.23. The molecule has 1 aliphatic carbocycles. The molecule has 1 aromatic heterocycles. The summed E-state index contributed by atoms with van der Waals surface area (Å²) in [6, 6.07) is 5.86. The van der Waals surface area contributed by atoms with Crippen molar-refractivity contribution in [2.24, 2.45) is 0 Å². The predicted octanol–water partition coefficient (Wildman–Crippen LogP) is 2.52. The van der Waals surface area contributed by atoms with Crippen molar-refractivity contribution >= 4 is 11.9 Å². The van der Waals surface area contributed by atoms with Gasteiger partial charge in [-0.15, -0.1) is 0 Å². The van der Waals surface area contributed by atoms with Crippen LogP contribution in [0.5, 0.6) is 11.5 Å². The highest BCUT2D eigenvalue weighted by Crippen LogP contribution is 2.40. The minimum Gasteiger partial charge on any atom is -0.493 e. The monoisotopic (exact) mass is 360 g/mol. The number of carboxylic acid groups (broad SMARTS) is 1. The Labute approximate surface area is 150 Å². The smallest absolute Gasteiger partial charge is 0.305 e. The van der Waals surface area contributed by atoms with Crippen molar-refractivity contribution < 1.29 is 28.7 Å². The molecule has 1 fully saturated rings. The summed E-state index contributed by atoms with van der Waals surface area (Å²) in [7, 11) is 3.00. The van der Waals surface area contributed by atoms with Gasteiger partial charge in [-0.25, -0.2) is 0 Å². The zero-order valence-corrected chi connectivity index (χ0v) is 14.5. The van der Waals surface area contributed by atoms with Gasteiger partial charge < -0.3 is 24.4 Å². The average Bonchev–Trinajstić information content (AvgIpc) is 3.36. The van der Waals surface area contributed by atoms with E-state index in [4.69, 9.17) is 14.0 Å². The summed E-state index contributed by atoms with van der Waals surface area (Å²) >= 11 is 0. The van der Waals surface area contributed by atoms with Crippen molar-refractivity contribution in [2.75, 3.05) is 14.2 Å². The number of nitrogens with one attached hydrogen (secondary N) is 1. The van der Waals surface area contributed by atoms with Gasteiger partial charge in [0.1, 0.15) is 5.76 Å². The van der Waals surface area contributed by atoms with Crippen molar-refractivity contribution in [1.29, 1.82) is 0 Å². The van der Waals surface area contributed by atoms with E-state index in [0.29, 0.717) is 28.7 Å². The van der Waals surface area contributed by atoms with Crippen LogP contribution in [0.15, 0.2) is 28.8 Å². The summed E-state index contributed by atoms with van der Waals surface area (Å²) in [6.07, 6.45) is 1.78. The normalized spacial score (nSPS) is 14.5. The van der Waals surface area contributed by atoms with Gasteiger partial charge in [0.05, 0.1) is 26.7 Å². The van der Waals surface area contributed by atoms with Gasteiger partial charge in [0.15, 0.2) is 17.2 Å². The number of hydrogen-bond donors (Lipinski definition) is 2. The van der Waals surface area contributed by atoms with Gasteiger partial charge >= 0.3 is 5.97 Å². The first-order chi connectivity index (χ1) is 12.5. The standard InChI is InChI=1S/C18H20N2O6/c1-24-14-6-5-11(7-16(14)25-2)12(9-17(21)22)19-18(23)13-8-15(26-20-13)10-3-4-10/h5-8,10,12H,3-4,9H2,1-2H3,(H,19,23)(H,21,22). The fourth-order valence-corrected chi connectivity index (χ4v) is 2.69. The van der Waals surface area contributed by atoms with Crippen LogP contribution in [0.25, 0.3) is 0 Å². The zero-order valence-electron chi connectivity index (χ0n) is 14.5. The Hall–Kier alpha value is -3.03. The summed E-state index contributed by atoms with van der Waals surface area (Å²) in [5.41, 5.74) is 0.729. The Morgan fingerprint density at radius 2 is 2.00 bits per heavy atom. The number of carbonyl (C=O) groups is 2. The molecule has 8 heteroatoms. The summed E-state index contributed by atoms with van der Waals surface area (Å²) in [4.78, 5) is 23.7. The van der Waals surface area contributed by atoms with Crippen molar-refractivity contribution in [3.8, 4) is 11.5 Å². The molecule has 0 aliphatic heterocycles. The first-order valence-electron chi connectivity index (χ1n) is 8.23. The molecule has 1 unspecified atom stereocenters. The van der Waals surface area contributed by atoms with Gasteiger partial charge in [0, 0.05) is 12.0 Å². The zero-order chi connectivity index (χ0) is 18.7. The Bertz CT molecular complexity index is 812. The number of ether oxygens (including phenoxy) is 2. The largest absolute Gasteiger partial charge is 0.493 e. The fraction of sp³-hybridized carbons (Fsp3) is 0.389. The molecule has 1 aromatic carbocycles. The minimum atomic E-state index is -1.04. The van der Waals surface area contributed by atoms with Crippen LogP contribution in [0.4, 0.5) is 0 Å². The van der Waals surface area contributed by atoms with Crippen LogP contribution in [-0.2, 0) is 4.79 Å². The number of hydrogen-bond acceptors (Lipinski definition) is 6. The second-order valence-electron chi connectivity index (χ2n) is 6.13. The predicted molar refractivity (Wildman–Crippen MR) is 90.5 cm³/mol. The molecule has 1 atom stereocenters. The number of rotatable bonds is 8. The third-order valence-electron chi connectivity index (χ3n) is 4.23. The van der Waals surface area contributed by atoms with Crippen LogP contribution in [0.3, 0.4) is 0 Å². The van der Waals surface area contributed by atoms with E-state index < -0.39 is 17.9 Å². The average molecular weight is 360 g/mol. The van der Waals surface area contributed by atoms with Crippen molar-refractivity contribution in [3.05, 3.63) is 41.3 Å². The van der Waals surface area contributed by atoms with Gasteiger partial charge in [-0.3, -0.25) is 9.59 Å². The van der Waals surface area contributed by atoms with E-state index in [-0.39, 0.29) is 12.1 Å².